The molecule has 114 valence electrons. The summed E-state index contributed by atoms with van der Waals surface area (Å²) in [6.45, 7) is 6.73. The molecule has 0 aromatic heterocycles. The Morgan fingerprint density at radius 1 is 1.00 bits per heavy atom. The molecular weight excluding hydrogens is 276 g/mol. The molecule has 0 heterocycles. The molecule has 1 unspecified atom stereocenters. The fourth-order valence-electron chi connectivity index (χ4n) is 3.98. The van der Waals surface area contributed by atoms with Gasteiger partial charge in [0.05, 0.1) is 0 Å². The van der Waals surface area contributed by atoms with E-state index >= 15 is 0 Å². The van der Waals surface area contributed by atoms with E-state index in [4.69, 9.17) is 0 Å². The minimum atomic E-state index is 0.494. The third kappa shape index (κ3) is 2.30. The smallest absolute Gasteiger partial charge is 0.0133 e. The van der Waals surface area contributed by atoms with Crippen LogP contribution in [0.4, 0.5) is 0 Å². The number of rotatable bonds is 1. The average Bonchev–Trinajstić information content (AvgIpc) is 2.55. The molecule has 4 rings (SSSR count). The number of aryl methyl sites for hydroxylation is 1. The van der Waals surface area contributed by atoms with E-state index in [1.807, 2.05) is 0 Å². The molecule has 0 fully saturated rings. The number of hydrogen-bond acceptors (Lipinski definition) is 0. The van der Waals surface area contributed by atoms with Gasteiger partial charge in [0.15, 0.2) is 0 Å². The average molecular weight is 298 g/mol. The van der Waals surface area contributed by atoms with Gasteiger partial charge in [-0.05, 0) is 71.4 Å². The molecule has 2 aromatic carbocycles. The van der Waals surface area contributed by atoms with Gasteiger partial charge in [-0.15, -0.1) is 0 Å². The zero-order chi connectivity index (χ0) is 16.0. The predicted octanol–water partition coefficient (Wildman–Crippen LogP) is 6.38. The highest BCUT2D eigenvalue weighted by Crippen LogP contribution is 2.44. The second-order valence-electron chi connectivity index (χ2n) is 6.78. The van der Waals surface area contributed by atoms with Gasteiger partial charge in [-0.1, -0.05) is 60.7 Å². The topological polar surface area (TPSA) is 0 Å². The van der Waals surface area contributed by atoms with E-state index in [-0.39, 0.29) is 0 Å². The van der Waals surface area contributed by atoms with Crippen molar-refractivity contribution < 1.29 is 0 Å². The summed E-state index contributed by atoms with van der Waals surface area (Å²) in [5.41, 5.74) is 8.55. The Bertz CT molecular complexity index is 916. The van der Waals surface area contributed by atoms with Gasteiger partial charge in [-0.3, -0.25) is 0 Å². The maximum Gasteiger partial charge on any atom is 0.0133 e. The van der Waals surface area contributed by atoms with E-state index in [0.29, 0.717) is 5.92 Å². The number of hydrogen-bond donors (Lipinski definition) is 0. The molecule has 2 aromatic rings. The van der Waals surface area contributed by atoms with Gasteiger partial charge in [0, 0.05) is 5.92 Å². The molecule has 0 radical (unpaired) electrons. The quantitative estimate of drug-likeness (QED) is 0.572. The minimum Gasteiger partial charge on any atom is -0.0836 e. The van der Waals surface area contributed by atoms with E-state index in [0.717, 1.165) is 6.42 Å². The minimum absolute atomic E-state index is 0.494. The predicted molar refractivity (Wildman–Crippen MR) is 100 cm³/mol. The lowest BCUT2D eigenvalue weighted by atomic mass is 9.73. The molecule has 0 N–H and O–H groups in total. The lowest BCUT2D eigenvalue weighted by Crippen LogP contribution is -2.14. The Kier molecular flexibility index (Phi) is 3.34. The Labute approximate surface area is 138 Å². The molecule has 2 aliphatic carbocycles. The third-order valence-corrected chi connectivity index (χ3v) is 5.22. The zero-order valence-electron chi connectivity index (χ0n) is 14.1. The zero-order valence-corrected chi connectivity index (χ0v) is 14.1. The summed E-state index contributed by atoms with van der Waals surface area (Å²) in [6, 6.07) is 13.4. The van der Waals surface area contributed by atoms with Crippen molar-refractivity contribution >= 4 is 16.3 Å². The van der Waals surface area contributed by atoms with Gasteiger partial charge in [0.2, 0.25) is 0 Å². The number of fused-ring (bicyclic) bond motifs is 2. The first-order valence-corrected chi connectivity index (χ1v) is 8.41. The molecule has 0 aliphatic heterocycles. The SMILES string of the molecule is CC1=CC2=CC=CCC2C(c2cc(C)cc3ccccc23)=C1C. The lowest BCUT2D eigenvalue weighted by molar-refractivity contribution is 0.790. The summed E-state index contributed by atoms with van der Waals surface area (Å²) < 4.78 is 0. The lowest BCUT2D eigenvalue weighted by Gasteiger charge is -2.31. The van der Waals surface area contributed by atoms with E-state index in [1.54, 1.807) is 0 Å². The summed E-state index contributed by atoms with van der Waals surface area (Å²) in [4.78, 5) is 0. The molecule has 23 heavy (non-hydrogen) atoms. The van der Waals surface area contributed by atoms with Crippen LogP contribution in [-0.4, -0.2) is 0 Å². The molecule has 0 amide bonds. The van der Waals surface area contributed by atoms with Crippen molar-refractivity contribution in [2.45, 2.75) is 27.2 Å². The monoisotopic (exact) mass is 298 g/mol. The third-order valence-electron chi connectivity index (χ3n) is 5.22. The second-order valence-corrected chi connectivity index (χ2v) is 6.78. The Morgan fingerprint density at radius 3 is 2.70 bits per heavy atom. The fraction of sp³-hybridized carbons (Fsp3) is 0.217. The van der Waals surface area contributed by atoms with Crippen LogP contribution < -0.4 is 0 Å². The number of allylic oxidation sites excluding steroid dienone is 8. The highest BCUT2D eigenvalue weighted by molar-refractivity contribution is 5.97. The van der Waals surface area contributed by atoms with Gasteiger partial charge < -0.3 is 0 Å². The summed E-state index contributed by atoms with van der Waals surface area (Å²) in [5, 5.41) is 2.71. The van der Waals surface area contributed by atoms with Crippen LogP contribution in [0.5, 0.6) is 0 Å². The van der Waals surface area contributed by atoms with Crippen LogP contribution in [-0.2, 0) is 0 Å². The van der Waals surface area contributed by atoms with Crippen LogP contribution in [0.25, 0.3) is 16.3 Å². The first kappa shape index (κ1) is 14.3. The molecule has 0 saturated heterocycles. The molecule has 1 atom stereocenters. The van der Waals surface area contributed by atoms with Crippen molar-refractivity contribution in [2.24, 2.45) is 5.92 Å². The summed E-state index contributed by atoms with van der Waals surface area (Å²) in [7, 11) is 0. The van der Waals surface area contributed by atoms with Crippen LogP contribution in [0.2, 0.25) is 0 Å². The summed E-state index contributed by atoms with van der Waals surface area (Å²) >= 11 is 0. The van der Waals surface area contributed by atoms with Gasteiger partial charge in [0.25, 0.3) is 0 Å². The van der Waals surface area contributed by atoms with Crippen molar-refractivity contribution in [1.29, 1.82) is 0 Å². The van der Waals surface area contributed by atoms with Gasteiger partial charge >= 0.3 is 0 Å². The van der Waals surface area contributed by atoms with Crippen LogP contribution in [0.3, 0.4) is 0 Å². The van der Waals surface area contributed by atoms with Crippen molar-refractivity contribution in [3.05, 3.63) is 88.5 Å². The highest BCUT2D eigenvalue weighted by atomic mass is 14.3. The van der Waals surface area contributed by atoms with Crippen LogP contribution >= 0.6 is 0 Å². The van der Waals surface area contributed by atoms with Crippen LogP contribution in [0, 0.1) is 12.8 Å². The van der Waals surface area contributed by atoms with Crippen molar-refractivity contribution in [3.8, 4) is 0 Å². The first-order valence-electron chi connectivity index (χ1n) is 8.41. The molecule has 2 aliphatic rings. The van der Waals surface area contributed by atoms with E-state index in [9.17, 15) is 0 Å². The fourth-order valence-corrected chi connectivity index (χ4v) is 3.98. The second kappa shape index (κ2) is 5.38. The molecule has 0 saturated carbocycles. The van der Waals surface area contributed by atoms with Crippen molar-refractivity contribution in [3.63, 3.8) is 0 Å². The Morgan fingerprint density at radius 2 is 1.83 bits per heavy atom. The van der Waals surface area contributed by atoms with Crippen LogP contribution in [0.15, 0.2) is 77.4 Å². The largest absolute Gasteiger partial charge is 0.0836 e. The molecule has 0 spiro atoms. The van der Waals surface area contributed by atoms with Gasteiger partial charge in [-0.25, -0.2) is 0 Å². The van der Waals surface area contributed by atoms with E-state index in [1.165, 1.54) is 44.2 Å². The van der Waals surface area contributed by atoms with Crippen molar-refractivity contribution in [2.75, 3.05) is 0 Å². The van der Waals surface area contributed by atoms with E-state index in [2.05, 4.69) is 81.5 Å². The van der Waals surface area contributed by atoms with Gasteiger partial charge in [-0.2, -0.15) is 0 Å². The first-order chi connectivity index (χ1) is 11.1. The normalized spacial score (nSPS) is 20.4. The van der Waals surface area contributed by atoms with Gasteiger partial charge in [0.1, 0.15) is 0 Å². The standard InChI is InChI=1S/C23H22/c1-15-12-18-8-4-6-10-20(18)22(13-15)23-17(3)16(2)14-19-9-5-7-11-21(19)23/h4-10,12-14,21H,11H2,1-3H3. The molecular formula is C23H22. The number of benzene rings is 2. The molecule has 0 nitrogen and oxygen atoms in total. The highest BCUT2D eigenvalue weighted by Gasteiger charge is 2.27. The summed E-state index contributed by atoms with van der Waals surface area (Å²) in [5.74, 6) is 0.494. The van der Waals surface area contributed by atoms with Crippen LogP contribution in [0.1, 0.15) is 31.4 Å². The Balaban J connectivity index is 2.03. The van der Waals surface area contributed by atoms with E-state index < -0.39 is 0 Å². The van der Waals surface area contributed by atoms with Crippen molar-refractivity contribution in [1.82, 2.24) is 0 Å². The molecule has 0 heteroatoms. The maximum absolute atomic E-state index is 2.37. The summed E-state index contributed by atoms with van der Waals surface area (Å²) in [6.07, 6.45) is 10.2. The Hall–Kier alpha value is -2.34. The molecule has 0 bridgehead atoms. The maximum atomic E-state index is 2.37.